The third kappa shape index (κ3) is 1.73. The van der Waals surface area contributed by atoms with Gasteiger partial charge in [-0.25, -0.2) is 9.37 Å². The van der Waals surface area contributed by atoms with Gasteiger partial charge in [0.25, 0.3) is 0 Å². The first kappa shape index (κ1) is 9.46. The first-order valence-corrected chi connectivity index (χ1v) is 5.01. The predicted molar refractivity (Wildman–Crippen MR) is 55.0 cm³/mol. The quantitative estimate of drug-likeness (QED) is 0.716. The maximum atomic E-state index is 12.8. The van der Waals surface area contributed by atoms with Crippen molar-refractivity contribution in [1.82, 2.24) is 9.55 Å². The molecule has 0 unspecified atom stereocenters. The van der Waals surface area contributed by atoms with Gasteiger partial charge in [-0.2, -0.15) is 0 Å². The fourth-order valence-corrected chi connectivity index (χ4v) is 1.56. The van der Waals surface area contributed by atoms with E-state index >= 15 is 0 Å². The van der Waals surface area contributed by atoms with Crippen molar-refractivity contribution in [3.63, 3.8) is 0 Å². The zero-order valence-corrected chi connectivity index (χ0v) is 8.34. The molecule has 0 saturated carbocycles. The maximum Gasteiger partial charge on any atom is 0.125 e. The van der Waals surface area contributed by atoms with Gasteiger partial charge in [-0.3, -0.25) is 0 Å². The number of alkyl halides is 1. The summed E-state index contributed by atoms with van der Waals surface area (Å²) in [5, 5.41) is 0. The lowest BCUT2D eigenvalue weighted by atomic mass is 10.3. The summed E-state index contributed by atoms with van der Waals surface area (Å²) in [6.07, 6.45) is 2.61. The predicted octanol–water partition coefficient (Wildman–Crippen LogP) is 2.80. The monoisotopic (exact) mass is 212 g/mol. The van der Waals surface area contributed by atoms with Gasteiger partial charge < -0.3 is 4.57 Å². The lowest BCUT2D eigenvalue weighted by Gasteiger charge is -2.01. The van der Waals surface area contributed by atoms with Crippen molar-refractivity contribution < 1.29 is 4.39 Å². The molecule has 0 N–H and O–H groups in total. The van der Waals surface area contributed by atoms with E-state index in [0.717, 1.165) is 18.5 Å². The number of hydrogen-bond donors (Lipinski definition) is 0. The molecular formula is C10H10ClFN2. The number of imidazole rings is 1. The molecule has 74 valence electrons. The molecule has 4 heteroatoms. The van der Waals surface area contributed by atoms with E-state index in [1.807, 2.05) is 4.57 Å². The molecule has 0 aliphatic rings. The van der Waals surface area contributed by atoms with E-state index in [1.165, 1.54) is 12.1 Å². The molecule has 0 radical (unpaired) electrons. The molecule has 2 aromatic rings. The number of halogens is 2. The summed E-state index contributed by atoms with van der Waals surface area (Å²) in [7, 11) is 0. The van der Waals surface area contributed by atoms with Crippen LogP contribution in [-0.2, 0) is 6.54 Å². The molecule has 14 heavy (non-hydrogen) atoms. The average molecular weight is 213 g/mol. The van der Waals surface area contributed by atoms with E-state index < -0.39 is 0 Å². The molecule has 0 spiro atoms. The van der Waals surface area contributed by atoms with E-state index in [0.29, 0.717) is 11.4 Å². The molecule has 2 rings (SSSR count). The summed E-state index contributed by atoms with van der Waals surface area (Å²) in [5.41, 5.74) is 1.65. The lowest BCUT2D eigenvalue weighted by molar-refractivity contribution is 0.629. The van der Waals surface area contributed by atoms with Crippen molar-refractivity contribution in [1.29, 1.82) is 0 Å². The Kier molecular flexibility index (Phi) is 2.68. The van der Waals surface area contributed by atoms with Gasteiger partial charge in [0.15, 0.2) is 0 Å². The Morgan fingerprint density at radius 3 is 3.07 bits per heavy atom. The lowest BCUT2D eigenvalue weighted by Crippen LogP contribution is -1.96. The molecule has 1 heterocycles. The number of hydrogen-bond acceptors (Lipinski definition) is 1. The highest BCUT2D eigenvalue weighted by Gasteiger charge is 2.02. The number of fused-ring (bicyclic) bond motifs is 1. The largest absolute Gasteiger partial charge is 0.331 e. The molecule has 0 bridgehead atoms. The first-order valence-electron chi connectivity index (χ1n) is 4.47. The summed E-state index contributed by atoms with van der Waals surface area (Å²) in [6.45, 7) is 0.825. The Balaban J connectivity index is 2.37. The molecule has 0 saturated heterocycles. The van der Waals surface area contributed by atoms with Gasteiger partial charge in [0.05, 0.1) is 17.4 Å². The van der Waals surface area contributed by atoms with Gasteiger partial charge >= 0.3 is 0 Å². The zero-order valence-electron chi connectivity index (χ0n) is 7.58. The Morgan fingerprint density at radius 2 is 2.29 bits per heavy atom. The van der Waals surface area contributed by atoms with Crippen LogP contribution in [0.2, 0.25) is 0 Å². The zero-order chi connectivity index (χ0) is 9.97. The summed E-state index contributed by atoms with van der Waals surface area (Å²) < 4.78 is 14.8. The van der Waals surface area contributed by atoms with Crippen LogP contribution in [0.15, 0.2) is 24.5 Å². The summed E-state index contributed by atoms with van der Waals surface area (Å²) >= 11 is 5.60. The summed E-state index contributed by atoms with van der Waals surface area (Å²) in [4.78, 5) is 4.11. The third-order valence-corrected chi connectivity index (χ3v) is 2.38. The van der Waals surface area contributed by atoms with Crippen LogP contribution in [-0.4, -0.2) is 15.4 Å². The standard InChI is InChI=1S/C10H10ClFN2/c11-4-1-5-14-7-13-9-6-8(12)2-3-10(9)14/h2-3,6-7H,1,4-5H2. The van der Waals surface area contributed by atoms with Crippen LogP contribution in [0, 0.1) is 5.82 Å². The smallest absolute Gasteiger partial charge is 0.125 e. The van der Waals surface area contributed by atoms with Crippen LogP contribution in [0.1, 0.15) is 6.42 Å². The maximum absolute atomic E-state index is 12.8. The highest BCUT2D eigenvalue weighted by molar-refractivity contribution is 6.17. The minimum absolute atomic E-state index is 0.250. The van der Waals surface area contributed by atoms with Gasteiger partial charge in [-0.05, 0) is 18.6 Å². The number of benzene rings is 1. The van der Waals surface area contributed by atoms with Crippen molar-refractivity contribution >= 4 is 22.6 Å². The van der Waals surface area contributed by atoms with Gasteiger partial charge in [0.2, 0.25) is 0 Å². The van der Waals surface area contributed by atoms with Crippen LogP contribution >= 0.6 is 11.6 Å². The highest BCUT2D eigenvalue weighted by atomic mass is 35.5. The van der Waals surface area contributed by atoms with E-state index in [2.05, 4.69) is 4.98 Å². The number of rotatable bonds is 3. The van der Waals surface area contributed by atoms with Crippen molar-refractivity contribution in [2.75, 3.05) is 5.88 Å². The number of aromatic nitrogens is 2. The average Bonchev–Trinajstić information content (AvgIpc) is 2.57. The van der Waals surface area contributed by atoms with Crippen LogP contribution in [0.4, 0.5) is 4.39 Å². The molecule has 2 nitrogen and oxygen atoms in total. The van der Waals surface area contributed by atoms with E-state index in [9.17, 15) is 4.39 Å². The summed E-state index contributed by atoms with van der Waals surface area (Å²) in [5.74, 6) is 0.376. The minimum atomic E-state index is -0.250. The van der Waals surface area contributed by atoms with Crippen LogP contribution in [0.25, 0.3) is 11.0 Å². The van der Waals surface area contributed by atoms with Crippen LogP contribution < -0.4 is 0 Å². The normalized spacial score (nSPS) is 11.0. The van der Waals surface area contributed by atoms with Crippen molar-refractivity contribution in [2.45, 2.75) is 13.0 Å². The molecule has 1 aromatic heterocycles. The molecule has 0 amide bonds. The Hall–Kier alpha value is -1.09. The highest BCUT2D eigenvalue weighted by Crippen LogP contribution is 2.14. The first-order chi connectivity index (χ1) is 6.81. The second-order valence-electron chi connectivity index (χ2n) is 3.11. The molecule has 0 aliphatic carbocycles. The topological polar surface area (TPSA) is 17.8 Å². The number of nitrogens with zero attached hydrogens (tertiary/aromatic N) is 2. The van der Waals surface area contributed by atoms with Gasteiger partial charge in [-0.1, -0.05) is 0 Å². The second-order valence-corrected chi connectivity index (χ2v) is 3.49. The second kappa shape index (κ2) is 3.96. The van der Waals surface area contributed by atoms with Crippen molar-refractivity contribution in [2.24, 2.45) is 0 Å². The third-order valence-electron chi connectivity index (χ3n) is 2.12. The minimum Gasteiger partial charge on any atom is -0.331 e. The van der Waals surface area contributed by atoms with Gasteiger partial charge in [0.1, 0.15) is 5.82 Å². The Morgan fingerprint density at radius 1 is 1.43 bits per heavy atom. The van der Waals surface area contributed by atoms with E-state index in [1.54, 1.807) is 12.4 Å². The van der Waals surface area contributed by atoms with Crippen LogP contribution in [0.5, 0.6) is 0 Å². The van der Waals surface area contributed by atoms with E-state index in [4.69, 9.17) is 11.6 Å². The Labute approximate surface area is 86.3 Å². The molecule has 1 aromatic carbocycles. The van der Waals surface area contributed by atoms with Crippen LogP contribution in [0.3, 0.4) is 0 Å². The van der Waals surface area contributed by atoms with Crippen molar-refractivity contribution in [3.05, 3.63) is 30.3 Å². The van der Waals surface area contributed by atoms with Gasteiger partial charge in [-0.15, -0.1) is 11.6 Å². The SMILES string of the molecule is Fc1ccc2c(c1)ncn2CCCCl. The number of aryl methyl sites for hydroxylation is 1. The molecule has 0 atom stereocenters. The molecule has 0 fully saturated rings. The fraction of sp³-hybridized carbons (Fsp3) is 0.300. The summed E-state index contributed by atoms with van der Waals surface area (Å²) in [6, 6.07) is 4.62. The molecular weight excluding hydrogens is 203 g/mol. The van der Waals surface area contributed by atoms with Gasteiger partial charge in [0, 0.05) is 18.5 Å². The Bertz CT molecular complexity index is 439. The molecule has 0 aliphatic heterocycles. The van der Waals surface area contributed by atoms with E-state index in [-0.39, 0.29) is 5.82 Å². The van der Waals surface area contributed by atoms with Crippen molar-refractivity contribution in [3.8, 4) is 0 Å². The fourth-order valence-electron chi connectivity index (χ4n) is 1.45.